The summed E-state index contributed by atoms with van der Waals surface area (Å²) in [6.45, 7) is 5.26. The number of hydrogen-bond acceptors (Lipinski definition) is 3. The molecule has 0 unspecified atom stereocenters. The molecule has 0 bridgehead atoms. The van der Waals surface area contributed by atoms with Crippen molar-refractivity contribution >= 4 is 11.7 Å². The van der Waals surface area contributed by atoms with Crippen LogP contribution >= 0.6 is 0 Å². The zero-order valence-corrected chi connectivity index (χ0v) is 15.8. The molecule has 1 heterocycles. The molecule has 140 valence electrons. The number of ether oxygens (including phenoxy) is 1. The Bertz CT molecular complexity index is 855. The maximum atomic E-state index is 12.2. The molecule has 1 N–H and O–H groups in total. The Kier molecular flexibility index (Phi) is 6.26. The molecule has 3 aromatic rings. The summed E-state index contributed by atoms with van der Waals surface area (Å²) in [5, 5.41) is 7.19. The van der Waals surface area contributed by atoms with E-state index in [-0.39, 0.29) is 12.3 Å². The van der Waals surface area contributed by atoms with Gasteiger partial charge in [-0.3, -0.25) is 4.79 Å². The fourth-order valence-corrected chi connectivity index (χ4v) is 2.74. The van der Waals surface area contributed by atoms with Crippen LogP contribution in [0.4, 0.5) is 5.82 Å². The van der Waals surface area contributed by atoms with Crippen LogP contribution < -0.4 is 10.1 Å². The average molecular weight is 363 g/mol. The Morgan fingerprint density at radius 2 is 1.81 bits per heavy atom. The number of nitrogens with one attached hydrogen (secondary N) is 1. The molecule has 0 atom stereocenters. The summed E-state index contributed by atoms with van der Waals surface area (Å²) >= 11 is 0. The van der Waals surface area contributed by atoms with Crippen molar-refractivity contribution in [1.29, 1.82) is 0 Å². The molecule has 1 aromatic heterocycles. The first-order valence-corrected chi connectivity index (χ1v) is 9.20. The van der Waals surface area contributed by atoms with Crippen molar-refractivity contribution in [1.82, 2.24) is 9.78 Å². The quantitative estimate of drug-likeness (QED) is 0.643. The van der Waals surface area contributed by atoms with Crippen LogP contribution in [-0.4, -0.2) is 22.3 Å². The number of carbonyl (C=O) groups is 1. The minimum absolute atomic E-state index is 0.0939. The molecule has 0 saturated carbocycles. The van der Waals surface area contributed by atoms with Gasteiger partial charge < -0.3 is 10.1 Å². The van der Waals surface area contributed by atoms with E-state index in [2.05, 4.69) is 36.4 Å². The molecule has 0 spiro atoms. The zero-order valence-electron chi connectivity index (χ0n) is 15.8. The lowest BCUT2D eigenvalue weighted by atomic mass is 10.0. The van der Waals surface area contributed by atoms with Crippen molar-refractivity contribution < 1.29 is 9.53 Å². The monoisotopic (exact) mass is 363 g/mol. The van der Waals surface area contributed by atoms with Crippen molar-refractivity contribution in [3.63, 3.8) is 0 Å². The highest BCUT2D eigenvalue weighted by Gasteiger charge is 2.08. The summed E-state index contributed by atoms with van der Waals surface area (Å²) in [4.78, 5) is 12.2. The van der Waals surface area contributed by atoms with Crippen molar-refractivity contribution in [3.05, 3.63) is 78.0 Å². The fourth-order valence-electron chi connectivity index (χ4n) is 2.74. The Labute approximate surface area is 160 Å². The smallest absolute Gasteiger partial charge is 0.228 e. The van der Waals surface area contributed by atoms with Crippen molar-refractivity contribution in [3.8, 4) is 5.75 Å². The second kappa shape index (κ2) is 9.03. The van der Waals surface area contributed by atoms with Gasteiger partial charge in [0.05, 0.1) is 25.8 Å². The van der Waals surface area contributed by atoms with Crippen LogP contribution in [0.25, 0.3) is 0 Å². The van der Waals surface area contributed by atoms with Crippen LogP contribution in [0, 0.1) is 0 Å². The van der Waals surface area contributed by atoms with Crippen LogP contribution in [0.15, 0.2) is 66.9 Å². The maximum absolute atomic E-state index is 12.2. The Hall–Kier alpha value is -3.08. The molecule has 0 aliphatic heterocycles. The summed E-state index contributed by atoms with van der Waals surface area (Å²) in [7, 11) is 0. The van der Waals surface area contributed by atoms with E-state index in [1.54, 1.807) is 16.9 Å². The second-order valence-corrected chi connectivity index (χ2v) is 6.73. The standard InChI is InChI=1S/C22H25N3O2/c1-17(2)19-8-10-20(11-9-19)27-15-13-22(26)24-21-12-14-23-25(21)16-18-6-4-3-5-7-18/h3-12,14,17H,13,15-16H2,1-2H3,(H,24,26). The maximum Gasteiger partial charge on any atom is 0.228 e. The first-order chi connectivity index (χ1) is 13.1. The van der Waals surface area contributed by atoms with E-state index in [0.717, 1.165) is 11.3 Å². The van der Waals surface area contributed by atoms with Gasteiger partial charge in [-0.1, -0.05) is 56.3 Å². The van der Waals surface area contributed by atoms with Gasteiger partial charge >= 0.3 is 0 Å². The van der Waals surface area contributed by atoms with Gasteiger partial charge in [0.2, 0.25) is 5.91 Å². The third-order valence-electron chi connectivity index (χ3n) is 4.30. The van der Waals surface area contributed by atoms with Gasteiger partial charge in [0.25, 0.3) is 0 Å². The summed E-state index contributed by atoms with van der Waals surface area (Å²) in [5.74, 6) is 1.86. The largest absolute Gasteiger partial charge is 0.493 e. The highest BCUT2D eigenvalue weighted by Crippen LogP contribution is 2.18. The number of rotatable bonds is 8. The average Bonchev–Trinajstić information content (AvgIpc) is 3.09. The number of hydrogen-bond donors (Lipinski definition) is 1. The minimum Gasteiger partial charge on any atom is -0.493 e. The molecule has 27 heavy (non-hydrogen) atoms. The van der Waals surface area contributed by atoms with E-state index in [1.807, 2.05) is 42.5 Å². The topological polar surface area (TPSA) is 56.1 Å². The molecular weight excluding hydrogens is 338 g/mol. The summed E-state index contributed by atoms with van der Waals surface area (Å²) < 4.78 is 7.45. The third kappa shape index (κ3) is 5.45. The molecule has 5 nitrogen and oxygen atoms in total. The number of amides is 1. The van der Waals surface area contributed by atoms with Crippen LogP contribution in [0.1, 0.15) is 37.3 Å². The predicted octanol–water partition coefficient (Wildman–Crippen LogP) is 4.46. The summed E-state index contributed by atoms with van der Waals surface area (Å²) in [5.41, 5.74) is 2.40. The normalized spacial score (nSPS) is 10.8. The lowest BCUT2D eigenvalue weighted by Gasteiger charge is -2.10. The van der Waals surface area contributed by atoms with Crippen LogP contribution in [-0.2, 0) is 11.3 Å². The number of aromatic nitrogens is 2. The number of nitrogens with zero attached hydrogens (tertiary/aromatic N) is 2. The van der Waals surface area contributed by atoms with Gasteiger partial charge in [-0.05, 0) is 29.2 Å². The molecule has 0 aliphatic rings. The minimum atomic E-state index is -0.0939. The van der Waals surface area contributed by atoms with Crippen molar-refractivity contribution in [2.45, 2.75) is 32.7 Å². The van der Waals surface area contributed by atoms with E-state index >= 15 is 0 Å². The zero-order chi connectivity index (χ0) is 19.1. The van der Waals surface area contributed by atoms with E-state index in [0.29, 0.717) is 24.9 Å². The first-order valence-electron chi connectivity index (χ1n) is 9.20. The molecule has 1 amide bonds. The lowest BCUT2D eigenvalue weighted by Crippen LogP contribution is -2.18. The highest BCUT2D eigenvalue weighted by molar-refractivity contribution is 5.89. The second-order valence-electron chi connectivity index (χ2n) is 6.73. The lowest BCUT2D eigenvalue weighted by molar-refractivity contribution is -0.116. The molecule has 5 heteroatoms. The van der Waals surface area contributed by atoms with Gasteiger partial charge in [0, 0.05) is 6.07 Å². The molecule has 0 saturated heterocycles. The van der Waals surface area contributed by atoms with Crippen molar-refractivity contribution in [2.75, 3.05) is 11.9 Å². The van der Waals surface area contributed by atoms with Crippen LogP contribution in [0.5, 0.6) is 5.75 Å². The molecule has 0 radical (unpaired) electrons. The number of benzene rings is 2. The molecule has 0 aliphatic carbocycles. The Morgan fingerprint density at radius 1 is 1.07 bits per heavy atom. The van der Waals surface area contributed by atoms with Gasteiger partial charge in [-0.2, -0.15) is 5.10 Å². The van der Waals surface area contributed by atoms with Gasteiger partial charge in [-0.25, -0.2) is 4.68 Å². The highest BCUT2D eigenvalue weighted by atomic mass is 16.5. The molecule has 0 fully saturated rings. The van der Waals surface area contributed by atoms with Crippen LogP contribution in [0.3, 0.4) is 0 Å². The third-order valence-corrected chi connectivity index (χ3v) is 4.30. The SMILES string of the molecule is CC(C)c1ccc(OCCC(=O)Nc2ccnn2Cc2ccccc2)cc1. The summed E-state index contributed by atoms with van der Waals surface area (Å²) in [6, 6.07) is 19.8. The van der Waals surface area contributed by atoms with Crippen molar-refractivity contribution in [2.24, 2.45) is 0 Å². The van der Waals surface area contributed by atoms with Gasteiger partial charge in [0.15, 0.2) is 0 Å². The van der Waals surface area contributed by atoms with E-state index in [9.17, 15) is 4.79 Å². The number of anilines is 1. The molecule has 3 rings (SSSR count). The van der Waals surface area contributed by atoms with Gasteiger partial charge in [-0.15, -0.1) is 0 Å². The molecular formula is C22H25N3O2. The predicted molar refractivity (Wildman–Crippen MR) is 107 cm³/mol. The Morgan fingerprint density at radius 3 is 2.52 bits per heavy atom. The van der Waals surface area contributed by atoms with Crippen LogP contribution in [0.2, 0.25) is 0 Å². The van der Waals surface area contributed by atoms with E-state index in [1.165, 1.54) is 5.56 Å². The van der Waals surface area contributed by atoms with E-state index < -0.39 is 0 Å². The first kappa shape index (κ1) is 18.7. The fraction of sp³-hybridized carbons (Fsp3) is 0.273. The Balaban J connectivity index is 1.48. The molecule has 2 aromatic carbocycles. The summed E-state index contributed by atoms with van der Waals surface area (Å²) in [6.07, 6.45) is 1.97. The number of carbonyl (C=O) groups excluding carboxylic acids is 1. The van der Waals surface area contributed by atoms with Gasteiger partial charge in [0.1, 0.15) is 11.6 Å². The van der Waals surface area contributed by atoms with E-state index in [4.69, 9.17) is 4.74 Å².